The minimum absolute atomic E-state index is 0. The molecule has 2 heterocycles. The van der Waals surface area contributed by atoms with Gasteiger partial charge in [0.2, 0.25) is 0 Å². The minimum Gasteiger partial charge on any atom is -0.382 e. The third kappa shape index (κ3) is 5.20. The van der Waals surface area contributed by atoms with Gasteiger partial charge in [-0.05, 0) is 49.7 Å². The predicted molar refractivity (Wildman–Crippen MR) is 139 cm³/mol. The Morgan fingerprint density at radius 3 is 2.66 bits per heavy atom. The molecule has 0 amide bonds. The first-order chi connectivity index (χ1) is 15.2. The van der Waals surface area contributed by atoms with Crippen LogP contribution in [-0.2, 0) is 6.42 Å². The molecule has 1 aromatic carbocycles. The number of halogens is 1. The number of para-hydroxylation sites is 1. The fourth-order valence-electron chi connectivity index (χ4n) is 5.16. The van der Waals surface area contributed by atoms with E-state index in [0.29, 0.717) is 23.2 Å². The summed E-state index contributed by atoms with van der Waals surface area (Å²) in [4.78, 5) is 6.95. The zero-order valence-electron chi connectivity index (χ0n) is 18.9. The molecular weight excluding hydrogens is 513 g/mol. The van der Waals surface area contributed by atoms with Gasteiger partial charge in [0, 0.05) is 26.7 Å². The fraction of sp³-hybridized carbons (Fsp3) is 0.542. The molecule has 1 saturated carbocycles. The Kier molecular flexibility index (Phi) is 8.40. The molecule has 0 bridgehead atoms. The van der Waals surface area contributed by atoms with E-state index >= 15 is 0 Å². The van der Waals surface area contributed by atoms with E-state index in [4.69, 9.17) is 5.73 Å². The second kappa shape index (κ2) is 11.0. The van der Waals surface area contributed by atoms with Crippen molar-refractivity contribution in [2.24, 2.45) is 10.4 Å². The first kappa shape index (κ1) is 24.4. The van der Waals surface area contributed by atoms with Gasteiger partial charge in [0.1, 0.15) is 17.5 Å². The van der Waals surface area contributed by atoms with Gasteiger partial charge >= 0.3 is 0 Å². The molecule has 4 rings (SSSR count). The summed E-state index contributed by atoms with van der Waals surface area (Å²) >= 11 is 0. The van der Waals surface area contributed by atoms with Crippen LogP contribution in [0.3, 0.4) is 0 Å². The molecule has 0 radical (unpaired) electrons. The normalized spacial score (nSPS) is 17.8. The number of benzene rings is 1. The van der Waals surface area contributed by atoms with Crippen molar-refractivity contribution < 1.29 is 0 Å². The summed E-state index contributed by atoms with van der Waals surface area (Å²) in [6, 6.07) is 11.9. The van der Waals surface area contributed by atoms with Crippen LogP contribution < -0.4 is 11.1 Å². The number of nitrogens with two attached hydrogens (primary N) is 1. The van der Waals surface area contributed by atoms with Crippen molar-refractivity contribution in [1.82, 2.24) is 20.0 Å². The standard InChI is InChI=1S/C24H33N7.HI/c1-27-23(30-16-14-24(18-30)12-6-3-7-13-24)28-15-8-11-21-20(17-25)22(26)31(29-21)19-9-4-2-5-10-19;/h2,4-5,9-10H,3,6-8,11-16,18,26H2,1H3,(H,27,28);1H. The molecule has 2 aliphatic rings. The molecule has 1 aromatic heterocycles. The summed E-state index contributed by atoms with van der Waals surface area (Å²) in [6.45, 7) is 3.01. The quantitative estimate of drug-likeness (QED) is 0.254. The lowest BCUT2D eigenvalue weighted by molar-refractivity contribution is 0.203. The van der Waals surface area contributed by atoms with Gasteiger partial charge in [-0.15, -0.1) is 24.0 Å². The Morgan fingerprint density at radius 2 is 1.97 bits per heavy atom. The van der Waals surface area contributed by atoms with Crippen molar-refractivity contribution in [3.05, 3.63) is 41.6 Å². The summed E-state index contributed by atoms with van der Waals surface area (Å²) in [5, 5.41) is 17.7. The SMILES string of the molecule is CN=C(NCCCc1nn(-c2ccccc2)c(N)c1C#N)N1CCC2(CCCCC2)C1.I. The number of aryl methyl sites for hydroxylation is 1. The van der Waals surface area contributed by atoms with Crippen molar-refractivity contribution in [3.8, 4) is 11.8 Å². The average molecular weight is 547 g/mol. The van der Waals surface area contributed by atoms with Crippen molar-refractivity contribution in [2.45, 2.75) is 51.4 Å². The zero-order valence-corrected chi connectivity index (χ0v) is 21.2. The van der Waals surface area contributed by atoms with Gasteiger partial charge in [0.15, 0.2) is 5.96 Å². The Hall–Kier alpha value is -2.28. The molecule has 172 valence electrons. The Balaban J connectivity index is 0.00000289. The summed E-state index contributed by atoms with van der Waals surface area (Å²) in [5.74, 6) is 1.40. The van der Waals surface area contributed by atoms with Gasteiger partial charge in [-0.1, -0.05) is 37.5 Å². The third-order valence-corrected chi connectivity index (χ3v) is 6.84. The largest absolute Gasteiger partial charge is 0.382 e. The second-order valence-electron chi connectivity index (χ2n) is 8.88. The van der Waals surface area contributed by atoms with Crippen molar-refractivity contribution in [1.29, 1.82) is 5.26 Å². The lowest BCUT2D eigenvalue weighted by Crippen LogP contribution is -2.42. The van der Waals surface area contributed by atoms with Gasteiger partial charge in [-0.25, -0.2) is 4.68 Å². The Morgan fingerprint density at radius 1 is 1.22 bits per heavy atom. The molecule has 7 nitrogen and oxygen atoms in total. The van der Waals surface area contributed by atoms with Crippen LogP contribution in [0.5, 0.6) is 0 Å². The topological polar surface area (TPSA) is 95.3 Å². The highest BCUT2D eigenvalue weighted by Gasteiger charge is 2.39. The first-order valence-corrected chi connectivity index (χ1v) is 11.4. The summed E-state index contributed by atoms with van der Waals surface area (Å²) < 4.78 is 1.66. The summed E-state index contributed by atoms with van der Waals surface area (Å²) in [6.07, 6.45) is 9.71. The van der Waals surface area contributed by atoms with Crippen LogP contribution in [0.1, 0.15) is 56.2 Å². The monoisotopic (exact) mass is 547 g/mol. The van der Waals surface area contributed by atoms with E-state index in [1.54, 1.807) is 4.68 Å². The molecule has 3 N–H and O–H groups in total. The third-order valence-electron chi connectivity index (χ3n) is 6.84. The van der Waals surface area contributed by atoms with Crippen LogP contribution in [-0.4, -0.2) is 47.3 Å². The van der Waals surface area contributed by atoms with Crippen LogP contribution in [0.25, 0.3) is 5.69 Å². The maximum Gasteiger partial charge on any atom is 0.193 e. The number of aliphatic imine (C=N–C) groups is 1. The van der Waals surface area contributed by atoms with E-state index in [2.05, 4.69) is 26.4 Å². The van der Waals surface area contributed by atoms with Gasteiger partial charge in [0.25, 0.3) is 0 Å². The molecule has 0 atom stereocenters. The fourth-order valence-corrected chi connectivity index (χ4v) is 5.16. The smallest absolute Gasteiger partial charge is 0.193 e. The number of guanidine groups is 1. The molecule has 1 spiro atoms. The highest BCUT2D eigenvalue weighted by molar-refractivity contribution is 14.0. The number of rotatable bonds is 5. The van der Waals surface area contributed by atoms with Crippen LogP contribution >= 0.6 is 24.0 Å². The van der Waals surface area contributed by atoms with E-state index in [-0.39, 0.29) is 24.0 Å². The molecule has 1 aliphatic carbocycles. The van der Waals surface area contributed by atoms with Crippen LogP contribution in [0.2, 0.25) is 0 Å². The second-order valence-corrected chi connectivity index (χ2v) is 8.88. The van der Waals surface area contributed by atoms with Crippen LogP contribution in [0.4, 0.5) is 5.82 Å². The van der Waals surface area contributed by atoms with E-state index in [1.807, 2.05) is 37.4 Å². The van der Waals surface area contributed by atoms with Gasteiger partial charge < -0.3 is 16.0 Å². The van der Waals surface area contributed by atoms with Gasteiger partial charge in [-0.2, -0.15) is 10.4 Å². The van der Waals surface area contributed by atoms with Crippen molar-refractivity contribution in [2.75, 3.05) is 32.4 Å². The lowest BCUT2D eigenvalue weighted by atomic mass is 9.73. The number of hydrogen-bond acceptors (Lipinski definition) is 4. The molecule has 0 unspecified atom stereocenters. The number of anilines is 1. The molecule has 32 heavy (non-hydrogen) atoms. The van der Waals surface area contributed by atoms with Crippen LogP contribution in [0.15, 0.2) is 35.3 Å². The lowest BCUT2D eigenvalue weighted by Gasteiger charge is -2.33. The average Bonchev–Trinajstić information content (AvgIpc) is 3.35. The first-order valence-electron chi connectivity index (χ1n) is 11.4. The zero-order chi connectivity index (χ0) is 21.7. The predicted octanol–water partition coefficient (Wildman–Crippen LogP) is 4.11. The van der Waals surface area contributed by atoms with Crippen molar-refractivity contribution >= 4 is 35.8 Å². The van der Waals surface area contributed by atoms with E-state index < -0.39 is 0 Å². The Labute approximate surface area is 208 Å². The van der Waals surface area contributed by atoms with E-state index in [9.17, 15) is 5.26 Å². The molecule has 1 aliphatic heterocycles. The number of hydrogen-bond donors (Lipinski definition) is 2. The number of nitrogens with zero attached hydrogens (tertiary/aromatic N) is 5. The molecular formula is C24H34IN7. The van der Waals surface area contributed by atoms with Crippen molar-refractivity contribution in [3.63, 3.8) is 0 Å². The highest BCUT2D eigenvalue weighted by atomic mass is 127. The van der Waals surface area contributed by atoms with E-state index in [0.717, 1.165) is 43.4 Å². The number of aromatic nitrogens is 2. The highest BCUT2D eigenvalue weighted by Crippen LogP contribution is 2.43. The van der Waals surface area contributed by atoms with Gasteiger partial charge in [-0.3, -0.25) is 4.99 Å². The molecule has 2 aromatic rings. The molecule has 1 saturated heterocycles. The maximum atomic E-state index is 9.58. The van der Waals surface area contributed by atoms with Gasteiger partial charge in [0.05, 0.1) is 11.4 Å². The molecule has 2 fully saturated rings. The number of nitrogen functional groups attached to an aromatic ring is 1. The number of likely N-dealkylation sites (tertiary alicyclic amines) is 1. The van der Waals surface area contributed by atoms with Crippen LogP contribution in [0, 0.1) is 16.7 Å². The molecule has 8 heteroatoms. The summed E-state index contributed by atoms with van der Waals surface area (Å²) in [5.41, 5.74) is 8.82. The summed E-state index contributed by atoms with van der Waals surface area (Å²) in [7, 11) is 1.87. The maximum absolute atomic E-state index is 9.58. The number of nitriles is 1. The minimum atomic E-state index is 0. The van der Waals surface area contributed by atoms with E-state index in [1.165, 1.54) is 38.5 Å². The number of nitrogens with one attached hydrogen (secondary N) is 1. The Bertz CT molecular complexity index is 955.